The van der Waals surface area contributed by atoms with E-state index in [1.54, 1.807) is 42.7 Å². The van der Waals surface area contributed by atoms with Crippen LogP contribution < -0.4 is 10.3 Å². The quantitative estimate of drug-likeness (QED) is 0.370. The number of aromatic nitrogens is 3. The van der Waals surface area contributed by atoms with Crippen molar-refractivity contribution in [3.63, 3.8) is 0 Å². The largest absolute Gasteiger partial charge is 0.501 e. The Balaban J connectivity index is 1.76. The van der Waals surface area contributed by atoms with E-state index in [1.165, 1.54) is 0 Å². The van der Waals surface area contributed by atoms with Gasteiger partial charge in [0.05, 0.1) is 25.0 Å². The Labute approximate surface area is 175 Å². The highest BCUT2D eigenvalue weighted by Gasteiger charge is 2.35. The Morgan fingerprint density at radius 3 is 2.93 bits per heavy atom. The van der Waals surface area contributed by atoms with E-state index in [-0.39, 0.29) is 5.56 Å². The van der Waals surface area contributed by atoms with Crippen molar-refractivity contribution in [2.24, 2.45) is 18.9 Å². The lowest BCUT2D eigenvalue weighted by molar-refractivity contribution is 0.284. The van der Waals surface area contributed by atoms with Crippen LogP contribution in [-0.4, -0.2) is 34.5 Å². The zero-order chi connectivity index (χ0) is 21.0. The highest BCUT2D eigenvalue weighted by Crippen LogP contribution is 2.41. The van der Waals surface area contributed by atoms with Gasteiger partial charge in [-0.25, -0.2) is 4.98 Å². The van der Waals surface area contributed by atoms with E-state index in [4.69, 9.17) is 9.47 Å². The van der Waals surface area contributed by atoms with Crippen molar-refractivity contribution in [2.45, 2.75) is 25.2 Å². The molecule has 7 heteroatoms. The number of ether oxygens (including phenoxy) is 2. The predicted molar refractivity (Wildman–Crippen MR) is 116 cm³/mol. The van der Waals surface area contributed by atoms with Crippen LogP contribution in [0.4, 0.5) is 0 Å². The molecule has 2 atom stereocenters. The molecule has 0 N–H and O–H groups in total. The molecule has 0 amide bonds. The van der Waals surface area contributed by atoms with E-state index in [2.05, 4.69) is 16.0 Å². The van der Waals surface area contributed by atoms with Crippen LogP contribution in [0, 0.1) is 18.8 Å². The number of methoxy groups -OCH3 is 1. The molecule has 1 unspecified atom stereocenters. The second-order valence-electron chi connectivity index (χ2n) is 7.18. The molecular formula is C22H27N3O3S. The summed E-state index contributed by atoms with van der Waals surface area (Å²) in [5.74, 6) is 3.04. The first-order valence-electron chi connectivity index (χ1n) is 9.53. The van der Waals surface area contributed by atoms with Gasteiger partial charge in [-0.2, -0.15) is 4.98 Å². The summed E-state index contributed by atoms with van der Waals surface area (Å²) in [6, 6.07) is 1.62. The zero-order valence-corrected chi connectivity index (χ0v) is 18.3. The normalized spacial score (nSPS) is 18.9. The number of pyridine rings is 1. The maximum Gasteiger partial charge on any atom is 0.250 e. The summed E-state index contributed by atoms with van der Waals surface area (Å²) in [4.78, 5) is 22.0. The molecule has 0 saturated heterocycles. The maximum atomic E-state index is 12.2. The fraction of sp³-hybridized carbons (Fsp3) is 0.409. The van der Waals surface area contributed by atoms with Crippen LogP contribution >= 0.6 is 11.8 Å². The average Bonchev–Trinajstić information content (AvgIpc) is 3.46. The molecule has 0 aliphatic heterocycles. The third kappa shape index (κ3) is 5.29. The number of hydrogen-bond acceptors (Lipinski definition) is 6. The molecule has 2 aromatic rings. The molecule has 2 aromatic heterocycles. The lowest BCUT2D eigenvalue weighted by atomic mass is 10.1. The van der Waals surface area contributed by atoms with Crippen LogP contribution in [0.5, 0.6) is 5.88 Å². The van der Waals surface area contributed by atoms with Gasteiger partial charge in [0, 0.05) is 36.0 Å². The summed E-state index contributed by atoms with van der Waals surface area (Å²) < 4.78 is 12.8. The molecule has 1 aliphatic carbocycles. The molecule has 0 radical (unpaired) electrons. The maximum absolute atomic E-state index is 12.2. The first-order chi connectivity index (χ1) is 13.9. The average molecular weight is 414 g/mol. The Hall–Kier alpha value is -2.54. The fourth-order valence-electron chi connectivity index (χ4n) is 3.01. The Morgan fingerprint density at radius 2 is 2.21 bits per heavy atom. The molecule has 1 aliphatic rings. The van der Waals surface area contributed by atoms with Gasteiger partial charge in [0.15, 0.2) is 0 Å². The summed E-state index contributed by atoms with van der Waals surface area (Å²) >= 11 is 1.58. The molecule has 154 valence electrons. The number of rotatable bonds is 8. The minimum absolute atomic E-state index is 0.0730. The summed E-state index contributed by atoms with van der Waals surface area (Å²) in [6.07, 6.45) is 12.8. The van der Waals surface area contributed by atoms with Crippen molar-refractivity contribution in [3.05, 3.63) is 58.6 Å². The van der Waals surface area contributed by atoms with Crippen molar-refractivity contribution in [1.82, 2.24) is 14.5 Å². The van der Waals surface area contributed by atoms with E-state index in [1.807, 2.05) is 38.5 Å². The van der Waals surface area contributed by atoms with E-state index in [0.717, 1.165) is 28.2 Å². The second kappa shape index (κ2) is 9.31. The number of thioether (sulfide) groups is 1. The Bertz CT molecular complexity index is 997. The highest BCUT2D eigenvalue weighted by atomic mass is 32.2. The van der Waals surface area contributed by atoms with Crippen LogP contribution in [-0.2, 0) is 11.8 Å². The standard InChI is InChI=1S/C22H27N3O3S/c1-14(27-4)7-6-8-16-9-17(16)13-28-22-19(11-23-15(2)24-22)18-10-21(26)25(3)12-20(18)29-5/h6-8,10-12,16-17H,9,13H2,1-5H3/b8-6+,14-7+/t16-,17?/m1/s1. The first-order valence-corrected chi connectivity index (χ1v) is 10.8. The van der Waals surface area contributed by atoms with Gasteiger partial charge in [-0.3, -0.25) is 4.79 Å². The van der Waals surface area contributed by atoms with Crippen LogP contribution in [0.1, 0.15) is 19.2 Å². The number of nitrogens with zero attached hydrogens (tertiary/aromatic N) is 3. The van der Waals surface area contributed by atoms with Gasteiger partial charge in [0.25, 0.3) is 5.56 Å². The molecule has 0 spiro atoms. The van der Waals surface area contributed by atoms with Crippen LogP contribution in [0.3, 0.4) is 0 Å². The zero-order valence-electron chi connectivity index (χ0n) is 17.5. The number of aryl methyl sites for hydroxylation is 2. The second-order valence-corrected chi connectivity index (χ2v) is 8.03. The van der Waals surface area contributed by atoms with Crippen LogP contribution in [0.2, 0.25) is 0 Å². The Morgan fingerprint density at radius 1 is 1.41 bits per heavy atom. The van der Waals surface area contributed by atoms with Crippen LogP contribution in [0.15, 0.2) is 52.1 Å². The molecule has 0 aromatic carbocycles. The SMILES string of the molecule is CO/C(C)=C/C=C/[C@@H]1CC1COc1nc(C)ncc1-c1cc(=O)n(C)cc1SC. The molecule has 6 nitrogen and oxygen atoms in total. The topological polar surface area (TPSA) is 66.2 Å². The van der Waals surface area contributed by atoms with E-state index >= 15 is 0 Å². The number of hydrogen-bond donors (Lipinski definition) is 0. The van der Waals surface area contributed by atoms with Crippen molar-refractivity contribution < 1.29 is 9.47 Å². The summed E-state index contributed by atoms with van der Waals surface area (Å²) in [6.45, 7) is 4.35. The third-order valence-electron chi connectivity index (χ3n) is 5.00. The van der Waals surface area contributed by atoms with Crippen molar-refractivity contribution in [2.75, 3.05) is 20.0 Å². The molecule has 1 saturated carbocycles. The third-order valence-corrected chi connectivity index (χ3v) is 5.76. The van der Waals surface area contributed by atoms with Gasteiger partial charge in [-0.15, -0.1) is 11.8 Å². The predicted octanol–water partition coefficient (Wildman–Crippen LogP) is 3.99. The fourth-order valence-corrected chi connectivity index (χ4v) is 3.66. The summed E-state index contributed by atoms with van der Waals surface area (Å²) in [5, 5.41) is 0. The lowest BCUT2D eigenvalue weighted by Crippen LogP contribution is -2.15. The summed E-state index contributed by atoms with van der Waals surface area (Å²) in [7, 11) is 3.42. The lowest BCUT2D eigenvalue weighted by Gasteiger charge is -2.13. The van der Waals surface area contributed by atoms with Gasteiger partial charge < -0.3 is 14.0 Å². The van der Waals surface area contributed by atoms with E-state index in [0.29, 0.717) is 30.1 Å². The Kier molecular flexibility index (Phi) is 6.79. The highest BCUT2D eigenvalue weighted by molar-refractivity contribution is 7.98. The van der Waals surface area contributed by atoms with Gasteiger partial charge in [-0.05, 0) is 44.4 Å². The molecule has 29 heavy (non-hydrogen) atoms. The van der Waals surface area contributed by atoms with Gasteiger partial charge in [-0.1, -0.05) is 12.2 Å². The van der Waals surface area contributed by atoms with Crippen LogP contribution in [0.25, 0.3) is 11.1 Å². The molecule has 3 rings (SSSR count). The molecule has 1 fully saturated rings. The van der Waals surface area contributed by atoms with Gasteiger partial charge >= 0.3 is 0 Å². The van der Waals surface area contributed by atoms with E-state index < -0.39 is 0 Å². The monoisotopic (exact) mass is 413 g/mol. The van der Waals surface area contributed by atoms with E-state index in [9.17, 15) is 4.79 Å². The molecule has 2 heterocycles. The summed E-state index contributed by atoms with van der Waals surface area (Å²) in [5.41, 5.74) is 1.49. The number of allylic oxidation sites excluding steroid dienone is 4. The van der Waals surface area contributed by atoms with Crippen molar-refractivity contribution in [1.29, 1.82) is 0 Å². The minimum atomic E-state index is -0.0730. The van der Waals surface area contributed by atoms with Gasteiger partial charge in [0.2, 0.25) is 5.88 Å². The minimum Gasteiger partial charge on any atom is -0.501 e. The molecule has 0 bridgehead atoms. The molecular weight excluding hydrogens is 386 g/mol. The smallest absolute Gasteiger partial charge is 0.250 e. The first kappa shape index (κ1) is 21.2. The van der Waals surface area contributed by atoms with Crippen molar-refractivity contribution >= 4 is 11.8 Å². The van der Waals surface area contributed by atoms with Gasteiger partial charge in [0.1, 0.15) is 5.82 Å². The van der Waals surface area contributed by atoms with Crippen molar-refractivity contribution in [3.8, 4) is 17.0 Å².